The lowest BCUT2D eigenvalue weighted by Crippen LogP contribution is -2.81. The molecule has 0 fully saturated rings. The largest absolute Gasteiger partial charge is 0.289 e. The van der Waals surface area contributed by atoms with Crippen molar-refractivity contribution >= 4 is 43.7 Å². The fourth-order valence-electron chi connectivity index (χ4n) is 8.10. The van der Waals surface area contributed by atoms with E-state index in [0.29, 0.717) is 10.5 Å². The van der Waals surface area contributed by atoms with Crippen LogP contribution in [0.4, 0.5) is 87.8 Å². The normalized spacial score (nSPS) is 12.1. The van der Waals surface area contributed by atoms with Crippen molar-refractivity contribution in [3.8, 4) is 22.3 Å². The Hall–Kier alpha value is -8.20. The maximum absolute atomic E-state index is 15.4. The van der Waals surface area contributed by atoms with Gasteiger partial charge in [-0.05, 0) is 41.3 Å². The summed E-state index contributed by atoms with van der Waals surface area (Å²) in [7, 11) is -2.89. The molecule has 76 heavy (non-hydrogen) atoms. The number of benzene rings is 8. The van der Waals surface area contributed by atoms with Gasteiger partial charge < -0.3 is 0 Å². The summed E-state index contributed by atoms with van der Waals surface area (Å²) in [5.74, 6) is -68.7. The van der Waals surface area contributed by atoms with Crippen LogP contribution in [-0.4, -0.2) is 17.7 Å². The van der Waals surface area contributed by atoms with E-state index in [1.54, 1.807) is 24.3 Å². The Morgan fingerprint density at radius 2 is 0.605 bits per heavy atom. The second-order valence-electron chi connectivity index (χ2n) is 15.9. The van der Waals surface area contributed by atoms with E-state index in [2.05, 4.69) is 11.2 Å². The Balaban J connectivity index is 0.000000236. The Morgan fingerprint density at radius 1 is 0.342 bits per heavy atom. The van der Waals surface area contributed by atoms with Crippen molar-refractivity contribution in [2.75, 3.05) is 5.75 Å². The average molecular weight is 1100 g/mol. The summed E-state index contributed by atoms with van der Waals surface area (Å²) in [5.41, 5.74) is -10.9. The molecule has 0 spiro atoms. The molecule has 0 aromatic heterocycles. The van der Waals surface area contributed by atoms with Gasteiger partial charge in [0.25, 0.3) is 0 Å². The predicted octanol–water partition coefficient (Wildman–Crippen LogP) is 12.0. The first-order valence-electron chi connectivity index (χ1n) is 20.9. The zero-order valence-electron chi connectivity index (χ0n) is 37.0. The van der Waals surface area contributed by atoms with Crippen LogP contribution in [-0.2, 0) is 14.1 Å². The Bertz CT molecular complexity index is 3340. The van der Waals surface area contributed by atoms with Gasteiger partial charge in [0.1, 0.15) is 52.7 Å². The Morgan fingerprint density at radius 3 is 0.921 bits per heavy atom. The minimum atomic E-state index is -7.22. The Labute approximate surface area is 415 Å². The number of carbonyl (C=O) groups is 1. The van der Waals surface area contributed by atoms with Gasteiger partial charge in [-0.1, -0.05) is 95.2 Å². The lowest BCUT2D eigenvalue weighted by atomic mass is 9.12. The third-order valence-corrected chi connectivity index (χ3v) is 13.7. The van der Waals surface area contributed by atoms with E-state index in [1.165, 1.54) is 0 Å². The molecule has 0 amide bonds. The van der Waals surface area contributed by atoms with Crippen LogP contribution in [0.5, 0.6) is 0 Å². The molecular weight excluding hydrogens is 1080 g/mol. The molecule has 0 aliphatic carbocycles. The number of carbonyl (C=O) groups excluding carboxylic acids is 1. The van der Waals surface area contributed by atoms with E-state index in [-0.39, 0.29) is 11.5 Å². The van der Waals surface area contributed by atoms with Crippen molar-refractivity contribution in [3.05, 3.63) is 243 Å². The van der Waals surface area contributed by atoms with Crippen LogP contribution >= 0.6 is 0 Å². The van der Waals surface area contributed by atoms with E-state index in [1.807, 2.05) is 91.0 Å². The summed E-state index contributed by atoms with van der Waals surface area (Å²) >= 11 is 0. The molecule has 24 heteroatoms. The molecule has 0 radical (unpaired) electrons. The average Bonchev–Trinajstić information content (AvgIpc) is 3.45. The highest BCUT2D eigenvalue weighted by atomic mass is 32.2. The molecule has 0 saturated carbocycles. The van der Waals surface area contributed by atoms with Gasteiger partial charge >= 0.3 is 0 Å². The number of rotatable bonds is 9. The van der Waals surface area contributed by atoms with Gasteiger partial charge in [-0.2, -0.15) is 0 Å². The molecule has 8 aromatic carbocycles. The maximum Gasteiger partial charge on any atom is 0.213 e. The summed E-state index contributed by atoms with van der Waals surface area (Å²) in [6.45, 7) is 0. The highest BCUT2D eigenvalue weighted by Crippen LogP contribution is 2.31. The molecule has 0 aliphatic heterocycles. The monoisotopic (exact) mass is 1100 g/mol. The summed E-state index contributed by atoms with van der Waals surface area (Å²) in [4.78, 5) is 13.6. The van der Waals surface area contributed by atoms with Crippen molar-refractivity contribution in [1.29, 1.82) is 0 Å². The van der Waals surface area contributed by atoms with Crippen molar-refractivity contribution in [2.24, 2.45) is 0 Å². The zero-order valence-corrected chi connectivity index (χ0v) is 37.9. The summed E-state index contributed by atoms with van der Waals surface area (Å²) in [6, 6.07) is 35.8. The number of hydrogen-bond donors (Lipinski definition) is 0. The molecule has 2 nitrogen and oxygen atoms in total. The zero-order chi connectivity index (χ0) is 55.9. The lowest BCUT2D eigenvalue weighted by Gasteiger charge is -2.44. The highest BCUT2D eigenvalue weighted by molar-refractivity contribution is 8.07. The van der Waals surface area contributed by atoms with Crippen LogP contribution in [0.1, 0.15) is 15.9 Å². The molecule has 8 rings (SSSR count). The van der Waals surface area contributed by atoms with E-state index in [0.717, 1.165) is 16.7 Å². The second-order valence-corrected chi connectivity index (χ2v) is 18.2. The fraction of sp³-hybridized carbons (Fsp3) is 0.0192. The van der Waals surface area contributed by atoms with Crippen LogP contribution in [0.3, 0.4) is 0 Å². The predicted molar refractivity (Wildman–Crippen MR) is 236 cm³/mol. The second kappa shape index (κ2) is 21.6. The molecular formula is C52H21BF20O2S. The van der Waals surface area contributed by atoms with Crippen LogP contribution in [0.15, 0.2) is 120 Å². The van der Waals surface area contributed by atoms with Gasteiger partial charge in [-0.3, -0.25) is 4.79 Å². The first-order chi connectivity index (χ1) is 35.8. The van der Waals surface area contributed by atoms with Gasteiger partial charge in [0.15, 0.2) is 85.7 Å². The lowest BCUT2D eigenvalue weighted by molar-refractivity contribution is 0.102. The maximum atomic E-state index is 15.4. The standard InChI is InChI=1S/C28H21O2S.C24BF20/c29-28(26-18-16-25(17-19-26)24-12-6-2-7-13-24)22-31(30,27-14-8-3-9-15-27)21-20-23-10-4-1-5-11-23;26-5-1(6(27)14(35)21(42)13(5)34)25(2-7(28)15(36)22(43)16(37)8(2)29,3-9(30)17(38)23(44)18(39)10(3)31)4-11(32)19(40)24(45)20(41)12(4)33/h1-19H,22H2;/q+1;-1. The van der Waals surface area contributed by atoms with Gasteiger partial charge in [-0.25, -0.2) is 87.8 Å². The molecule has 0 aliphatic rings. The molecule has 0 N–H and O–H groups in total. The quantitative estimate of drug-likeness (QED) is 0.0275. The third-order valence-electron chi connectivity index (χ3n) is 11.6. The summed E-state index contributed by atoms with van der Waals surface area (Å²) in [6.07, 6.45) is -7.22. The number of hydrogen-bond acceptors (Lipinski definition) is 2. The number of halogens is 20. The molecule has 390 valence electrons. The molecule has 1 atom stereocenters. The number of Topliss-reactive ketones (excluding diaryl/α,β-unsaturated/α-hetero) is 1. The van der Waals surface area contributed by atoms with Crippen LogP contribution in [0.2, 0.25) is 0 Å². The van der Waals surface area contributed by atoms with Gasteiger partial charge in [0.2, 0.25) is 15.7 Å². The first-order valence-corrected chi connectivity index (χ1v) is 22.6. The Kier molecular flexibility index (Phi) is 15.8. The van der Waals surface area contributed by atoms with Gasteiger partial charge in [0, 0.05) is 11.1 Å². The number of ketones is 1. The molecule has 8 aromatic rings. The van der Waals surface area contributed by atoms with E-state index in [9.17, 15) is 61.7 Å². The van der Waals surface area contributed by atoms with E-state index >= 15 is 35.1 Å². The topological polar surface area (TPSA) is 34.1 Å². The summed E-state index contributed by atoms with van der Waals surface area (Å²) < 4.78 is 308. The fourth-order valence-corrected chi connectivity index (χ4v) is 9.87. The highest BCUT2D eigenvalue weighted by Gasteiger charge is 2.52. The van der Waals surface area contributed by atoms with Crippen molar-refractivity contribution < 1.29 is 96.8 Å². The SMILES string of the molecule is Fc1c(F)c(F)c([B-](c2c(F)c(F)c(F)c(F)c2F)(c2c(F)c(F)c(F)c(F)c2F)c2c(F)c(F)c(F)c(F)c2F)c(F)c1F.O=C(C[S+](=O)(C#Cc1ccccc1)c1ccccc1)c1ccc(-c2ccccc2)cc1. The van der Waals surface area contributed by atoms with Gasteiger partial charge in [-0.15, -0.1) is 21.9 Å². The van der Waals surface area contributed by atoms with E-state index in [4.69, 9.17) is 0 Å². The minimum Gasteiger partial charge on any atom is -0.289 e. The molecule has 0 heterocycles. The van der Waals surface area contributed by atoms with Crippen molar-refractivity contribution in [2.45, 2.75) is 4.90 Å². The van der Waals surface area contributed by atoms with Crippen LogP contribution < -0.4 is 21.9 Å². The van der Waals surface area contributed by atoms with Gasteiger partial charge in [0.05, 0.1) is 0 Å². The van der Waals surface area contributed by atoms with Crippen LogP contribution in [0.25, 0.3) is 11.1 Å². The molecule has 0 saturated heterocycles. The van der Waals surface area contributed by atoms with E-state index < -0.39 is 154 Å². The first kappa shape index (κ1) is 55.6. The van der Waals surface area contributed by atoms with Crippen molar-refractivity contribution in [3.63, 3.8) is 0 Å². The van der Waals surface area contributed by atoms with Crippen LogP contribution in [0, 0.1) is 128 Å². The molecule has 0 bridgehead atoms. The minimum absolute atomic E-state index is 0.151. The molecule has 1 unspecified atom stereocenters. The summed E-state index contributed by atoms with van der Waals surface area (Å²) in [5, 5.41) is 2.92. The third kappa shape index (κ3) is 9.47. The van der Waals surface area contributed by atoms with Crippen molar-refractivity contribution in [1.82, 2.24) is 0 Å². The smallest absolute Gasteiger partial charge is 0.213 e.